The van der Waals surface area contributed by atoms with Crippen LogP contribution in [0.15, 0.2) is 152 Å². The van der Waals surface area contributed by atoms with Gasteiger partial charge < -0.3 is 4.57 Å². The lowest BCUT2D eigenvalue weighted by molar-refractivity contribution is 0.660. The van der Waals surface area contributed by atoms with Crippen molar-refractivity contribution in [3.05, 3.63) is 168 Å². The first-order valence-electron chi connectivity index (χ1n) is 18.0. The van der Waals surface area contributed by atoms with Gasteiger partial charge in [0.25, 0.3) is 0 Å². The van der Waals surface area contributed by atoms with Crippen LogP contribution in [0.25, 0.3) is 88.4 Å². The number of hydrogen-bond acceptors (Lipinski definition) is 3. The summed E-state index contributed by atoms with van der Waals surface area (Å²) < 4.78 is 4.51. The van der Waals surface area contributed by atoms with E-state index in [1.54, 1.807) is 0 Å². The molecule has 5 nitrogen and oxygen atoms in total. The SMILES string of the molecule is CC1(C)c2ccccc2-c2cc(-n3c4ccccc4c4ccc(-c5ccc6c(c5)c5ccccc5n6-c5nc(C#N)c6ccccc6n5)cc43)ccc21. The van der Waals surface area contributed by atoms with Crippen molar-refractivity contribution in [3.63, 3.8) is 0 Å². The van der Waals surface area contributed by atoms with Crippen LogP contribution in [0.1, 0.15) is 30.7 Å². The molecule has 0 fully saturated rings. The quantitative estimate of drug-likeness (QED) is 0.187. The van der Waals surface area contributed by atoms with Gasteiger partial charge in [-0.25, -0.2) is 9.97 Å². The zero-order valence-electron chi connectivity index (χ0n) is 29.2. The highest BCUT2D eigenvalue weighted by molar-refractivity contribution is 6.12. The van der Waals surface area contributed by atoms with Crippen molar-refractivity contribution >= 4 is 54.5 Å². The normalized spacial score (nSPS) is 13.2. The van der Waals surface area contributed by atoms with Crippen molar-refractivity contribution in [3.8, 4) is 40.0 Å². The van der Waals surface area contributed by atoms with Crippen LogP contribution in [-0.2, 0) is 5.41 Å². The van der Waals surface area contributed by atoms with Gasteiger partial charge in [0, 0.05) is 38.0 Å². The van der Waals surface area contributed by atoms with E-state index in [0.717, 1.165) is 49.5 Å². The fourth-order valence-electron chi connectivity index (χ4n) is 8.89. The molecular formula is C48H31N5. The number of aromatic nitrogens is 4. The maximum atomic E-state index is 10.0. The van der Waals surface area contributed by atoms with Crippen molar-refractivity contribution in [1.29, 1.82) is 5.26 Å². The molecule has 11 rings (SSSR count). The average molecular weight is 678 g/mol. The van der Waals surface area contributed by atoms with E-state index < -0.39 is 0 Å². The summed E-state index contributed by atoms with van der Waals surface area (Å²) in [7, 11) is 0. The van der Waals surface area contributed by atoms with Gasteiger partial charge in [-0.05, 0) is 88.0 Å². The summed E-state index contributed by atoms with van der Waals surface area (Å²) in [6.07, 6.45) is 0. The molecular weight excluding hydrogens is 647 g/mol. The van der Waals surface area contributed by atoms with Crippen molar-refractivity contribution in [2.24, 2.45) is 0 Å². The number of nitrogens with zero attached hydrogens (tertiary/aromatic N) is 5. The summed E-state index contributed by atoms with van der Waals surface area (Å²) in [5, 5.41) is 15.4. The van der Waals surface area contributed by atoms with Gasteiger partial charge in [-0.3, -0.25) is 4.57 Å². The van der Waals surface area contributed by atoms with Crippen molar-refractivity contribution < 1.29 is 0 Å². The summed E-state index contributed by atoms with van der Waals surface area (Å²) in [6.45, 7) is 4.66. The maximum Gasteiger partial charge on any atom is 0.236 e. The van der Waals surface area contributed by atoms with E-state index in [2.05, 4.69) is 150 Å². The molecule has 3 heterocycles. The predicted molar refractivity (Wildman–Crippen MR) is 216 cm³/mol. The maximum absolute atomic E-state index is 10.0. The van der Waals surface area contributed by atoms with Gasteiger partial charge in [0.15, 0.2) is 5.69 Å². The lowest BCUT2D eigenvalue weighted by Gasteiger charge is -2.21. The summed E-state index contributed by atoms with van der Waals surface area (Å²) in [5.74, 6) is 0.491. The van der Waals surface area contributed by atoms with Gasteiger partial charge in [0.2, 0.25) is 5.95 Å². The minimum Gasteiger partial charge on any atom is -0.309 e. The largest absolute Gasteiger partial charge is 0.309 e. The fourth-order valence-corrected chi connectivity index (χ4v) is 8.89. The number of nitriles is 1. The van der Waals surface area contributed by atoms with Crippen LogP contribution in [0.2, 0.25) is 0 Å². The van der Waals surface area contributed by atoms with Gasteiger partial charge in [0.05, 0.1) is 27.6 Å². The molecule has 0 amide bonds. The summed E-state index contributed by atoms with van der Waals surface area (Å²) in [4.78, 5) is 9.71. The Morgan fingerprint density at radius 2 is 1.11 bits per heavy atom. The molecule has 10 aromatic rings. The zero-order valence-corrected chi connectivity index (χ0v) is 29.2. The summed E-state index contributed by atoms with van der Waals surface area (Å²) >= 11 is 0. The summed E-state index contributed by atoms with van der Waals surface area (Å²) in [5.41, 5.74) is 14.2. The molecule has 0 unspecified atom stereocenters. The Hall–Kier alpha value is -7.03. The van der Waals surface area contributed by atoms with E-state index in [9.17, 15) is 5.26 Å². The molecule has 53 heavy (non-hydrogen) atoms. The third-order valence-electron chi connectivity index (χ3n) is 11.4. The fraction of sp³-hybridized carbons (Fsp3) is 0.0625. The second-order valence-electron chi connectivity index (χ2n) is 14.6. The molecule has 0 spiro atoms. The predicted octanol–water partition coefficient (Wildman–Crippen LogP) is 11.7. The van der Waals surface area contributed by atoms with Crippen LogP contribution in [0.3, 0.4) is 0 Å². The van der Waals surface area contributed by atoms with E-state index in [1.165, 1.54) is 44.1 Å². The average Bonchev–Trinajstić information content (AvgIpc) is 3.80. The lowest BCUT2D eigenvalue weighted by Crippen LogP contribution is -2.14. The van der Waals surface area contributed by atoms with E-state index in [1.807, 2.05) is 30.3 Å². The van der Waals surface area contributed by atoms with Gasteiger partial charge in [-0.15, -0.1) is 0 Å². The number of benzene rings is 7. The number of fused-ring (bicyclic) bond motifs is 10. The highest BCUT2D eigenvalue weighted by Crippen LogP contribution is 2.49. The Bertz CT molecular complexity index is 3220. The first-order chi connectivity index (χ1) is 26.0. The molecule has 0 bridgehead atoms. The van der Waals surface area contributed by atoms with Crippen LogP contribution < -0.4 is 0 Å². The smallest absolute Gasteiger partial charge is 0.236 e. The van der Waals surface area contributed by atoms with Gasteiger partial charge in [0.1, 0.15) is 6.07 Å². The Labute approximate surface area is 305 Å². The van der Waals surface area contributed by atoms with Crippen molar-refractivity contribution in [2.45, 2.75) is 19.3 Å². The molecule has 0 aliphatic heterocycles. The number of para-hydroxylation sites is 3. The Balaban J connectivity index is 1.11. The van der Waals surface area contributed by atoms with Crippen molar-refractivity contribution in [1.82, 2.24) is 19.1 Å². The standard InChI is InChI=1S/C48H31N5/c1-48(2)39-15-7-3-11-32(39)37-27-31(21-23-40(37)48)52-43-17-9-5-12-33(43)35-22-19-30(26-46(35)52)29-20-24-45-38(25-29)34-13-6-10-18-44(34)53(45)47-50-41-16-8-4-14-36(41)42(28-49)51-47/h3-27H,1-2H3. The first kappa shape index (κ1) is 29.7. The molecule has 7 aromatic carbocycles. The molecule has 248 valence electrons. The topological polar surface area (TPSA) is 59.4 Å². The molecule has 0 saturated carbocycles. The second-order valence-corrected chi connectivity index (χ2v) is 14.6. The number of rotatable bonds is 3. The van der Waals surface area contributed by atoms with Gasteiger partial charge in [-0.2, -0.15) is 5.26 Å². The molecule has 1 aliphatic carbocycles. The molecule has 1 aliphatic rings. The highest BCUT2D eigenvalue weighted by Gasteiger charge is 2.35. The molecule has 0 radical (unpaired) electrons. The van der Waals surface area contributed by atoms with Crippen LogP contribution in [-0.4, -0.2) is 19.1 Å². The van der Waals surface area contributed by atoms with Crippen LogP contribution >= 0.6 is 0 Å². The summed E-state index contributed by atoms with van der Waals surface area (Å²) in [6, 6.07) is 56.4. The highest BCUT2D eigenvalue weighted by atomic mass is 15.2. The number of hydrogen-bond donors (Lipinski definition) is 0. The first-order valence-corrected chi connectivity index (χ1v) is 18.0. The molecule has 0 saturated heterocycles. The van der Waals surface area contributed by atoms with Gasteiger partial charge in [-0.1, -0.05) is 111 Å². The second kappa shape index (κ2) is 10.7. The minimum atomic E-state index is -0.0430. The van der Waals surface area contributed by atoms with Crippen molar-refractivity contribution in [2.75, 3.05) is 0 Å². The minimum absolute atomic E-state index is 0.0430. The van der Waals surface area contributed by atoms with E-state index >= 15 is 0 Å². The molecule has 0 atom stereocenters. The molecule has 5 heteroatoms. The van der Waals surface area contributed by atoms with Gasteiger partial charge >= 0.3 is 0 Å². The molecule has 3 aromatic heterocycles. The van der Waals surface area contributed by atoms with Crippen LogP contribution in [0.5, 0.6) is 0 Å². The third kappa shape index (κ3) is 4.12. The van der Waals surface area contributed by atoms with E-state index in [0.29, 0.717) is 11.6 Å². The van der Waals surface area contributed by atoms with Crippen LogP contribution in [0.4, 0.5) is 0 Å². The Morgan fingerprint density at radius 3 is 1.94 bits per heavy atom. The monoisotopic (exact) mass is 677 g/mol. The molecule has 0 N–H and O–H groups in total. The van der Waals surface area contributed by atoms with Crippen LogP contribution in [0, 0.1) is 11.3 Å². The van der Waals surface area contributed by atoms with E-state index in [-0.39, 0.29) is 5.41 Å². The third-order valence-corrected chi connectivity index (χ3v) is 11.4. The zero-order chi connectivity index (χ0) is 35.4. The Kier molecular flexibility index (Phi) is 6.01. The lowest BCUT2D eigenvalue weighted by atomic mass is 9.82. The van der Waals surface area contributed by atoms with E-state index in [4.69, 9.17) is 9.97 Å². The Morgan fingerprint density at radius 1 is 0.491 bits per heavy atom.